The first kappa shape index (κ1) is 31.8. The molecular weight excluding hydrogens is 610 g/mol. The molecule has 0 N–H and O–H groups in total. The minimum absolute atomic E-state index is 0.0660. The van der Waals surface area contributed by atoms with Crippen LogP contribution in [0.4, 0.5) is 52.7 Å². The highest BCUT2D eigenvalue weighted by molar-refractivity contribution is 7.86. The molecule has 222 valence electrons. The number of hydrogen-bond donors (Lipinski definition) is 0. The van der Waals surface area contributed by atoms with Gasteiger partial charge in [0, 0.05) is 11.1 Å². The second-order valence-corrected chi connectivity index (χ2v) is 9.90. The van der Waals surface area contributed by atoms with E-state index in [1.54, 1.807) is 6.92 Å². The molecule has 0 fully saturated rings. The summed E-state index contributed by atoms with van der Waals surface area (Å²) < 4.78 is 191. The molecular formula is C24H13F12NO3S. The van der Waals surface area contributed by atoms with Crippen molar-refractivity contribution >= 4 is 15.8 Å². The lowest BCUT2D eigenvalue weighted by molar-refractivity contribution is -0.144. The Morgan fingerprint density at radius 2 is 0.902 bits per heavy atom. The quantitative estimate of drug-likeness (QED) is 0.164. The van der Waals surface area contributed by atoms with Crippen molar-refractivity contribution in [1.82, 2.24) is 0 Å². The van der Waals surface area contributed by atoms with Gasteiger partial charge in [-0.1, -0.05) is 22.9 Å². The Labute approximate surface area is 223 Å². The predicted molar refractivity (Wildman–Crippen MR) is 118 cm³/mol. The van der Waals surface area contributed by atoms with Gasteiger partial charge >= 0.3 is 34.8 Å². The summed E-state index contributed by atoms with van der Waals surface area (Å²) in [5.41, 5.74) is -11.7. The number of nitrogens with zero attached hydrogens (tertiary/aromatic N) is 1. The van der Waals surface area contributed by atoms with Crippen molar-refractivity contribution in [3.63, 3.8) is 0 Å². The normalized spacial score (nSPS) is 13.2. The number of oxime groups is 1. The Bertz CT molecular complexity index is 1430. The average molecular weight is 623 g/mol. The third kappa shape index (κ3) is 7.71. The largest absolute Gasteiger partial charge is 0.416 e. The molecule has 0 heterocycles. The molecule has 0 bridgehead atoms. The van der Waals surface area contributed by atoms with E-state index in [0.29, 0.717) is 5.56 Å². The monoisotopic (exact) mass is 623 g/mol. The molecule has 0 spiro atoms. The lowest BCUT2D eigenvalue weighted by atomic mass is 9.94. The van der Waals surface area contributed by atoms with E-state index in [9.17, 15) is 61.1 Å². The van der Waals surface area contributed by atoms with Crippen LogP contribution >= 0.6 is 0 Å². The van der Waals surface area contributed by atoms with Gasteiger partial charge in [-0.3, -0.25) is 4.28 Å². The second-order valence-electron chi connectivity index (χ2n) is 8.37. The maximum absolute atomic E-state index is 13.4. The molecule has 0 saturated heterocycles. The molecule has 0 aromatic heterocycles. The standard InChI is InChI=1S/C24H13F12NO3S/c1-12-2-4-19(5-3-12)41(38,39)40-37-20(13-6-15(21(25,26)27)10-16(7-13)22(28,29)30)14-8-17(23(31,32)33)11-18(9-14)24(34,35)36/h2-11H,1H3. The van der Waals surface area contributed by atoms with Crippen LogP contribution in [0.3, 0.4) is 0 Å². The van der Waals surface area contributed by atoms with Crippen LogP contribution in [0, 0.1) is 6.92 Å². The van der Waals surface area contributed by atoms with E-state index in [1.807, 2.05) is 0 Å². The number of alkyl halides is 12. The zero-order valence-electron chi connectivity index (χ0n) is 19.9. The van der Waals surface area contributed by atoms with Gasteiger partial charge in [-0.05, 0) is 55.5 Å². The third-order valence-electron chi connectivity index (χ3n) is 5.26. The summed E-state index contributed by atoms with van der Waals surface area (Å²) in [5.74, 6) is 0. The smallest absolute Gasteiger partial charge is 0.264 e. The molecule has 3 rings (SSSR count). The van der Waals surface area contributed by atoms with Gasteiger partial charge in [0.05, 0.1) is 22.3 Å². The number of halogens is 12. The van der Waals surface area contributed by atoms with Gasteiger partial charge in [-0.2, -0.15) is 61.1 Å². The highest BCUT2D eigenvalue weighted by Crippen LogP contribution is 2.39. The van der Waals surface area contributed by atoms with Crippen LogP contribution in [0.2, 0.25) is 0 Å². The van der Waals surface area contributed by atoms with Gasteiger partial charge < -0.3 is 0 Å². The van der Waals surface area contributed by atoms with E-state index in [0.717, 1.165) is 12.1 Å². The molecule has 3 aromatic carbocycles. The molecule has 0 aliphatic heterocycles. The van der Waals surface area contributed by atoms with E-state index in [-0.39, 0.29) is 36.4 Å². The molecule has 3 aromatic rings. The summed E-state index contributed by atoms with van der Waals surface area (Å²) in [6, 6.07) is 3.43. The molecule has 4 nitrogen and oxygen atoms in total. The summed E-state index contributed by atoms with van der Waals surface area (Å²) in [6.07, 6.45) is -21.9. The molecule has 0 saturated carbocycles. The van der Waals surface area contributed by atoms with Gasteiger partial charge in [0.1, 0.15) is 10.6 Å². The van der Waals surface area contributed by atoms with E-state index in [2.05, 4.69) is 9.44 Å². The fourth-order valence-electron chi connectivity index (χ4n) is 3.29. The number of benzene rings is 3. The zero-order chi connectivity index (χ0) is 31.2. The lowest BCUT2D eigenvalue weighted by Gasteiger charge is -2.17. The SMILES string of the molecule is Cc1ccc(S(=O)(=O)ON=C(c2cc(C(F)(F)F)cc(C(F)(F)F)c2)c2cc(C(F)(F)F)cc(C(F)(F)F)c2)cc1. The van der Waals surface area contributed by atoms with E-state index >= 15 is 0 Å². The summed E-state index contributed by atoms with van der Waals surface area (Å²) in [4.78, 5) is -0.647. The number of hydrogen-bond acceptors (Lipinski definition) is 4. The molecule has 0 aliphatic carbocycles. The van der Waals surface area contributed by atoms with Crippen LogP contribution in [0.5, 0.6) is 0 Å². The van der Waals surface area contributed by atoms with E-state index < -0.39 is 78.8 Å². The van der Waals surface area contributed by atoms with Crippen LogP contribution in [0.25, 0.3) is 0 Å². The van der Waals surface area contributed by atoms with Crippen molar-refractivity contribution in [3.8, 4) is 0 Å². The Kier molecular flexibility index (Phi) is 8.19. The molecule has 17 heteroatoms. The predicted octanol–water partition coefficient (Wildman–Crippen LogP) is 8.23. The molecule has 0 aliphatic rings. The number of rotatable bonds is 5. The van der Waals surface area contributed by atoms with Gasteiger partial charge in [0.2, 0.25) is 0 Å². The summed E-state index contributed by atoms with van der Waals surface area (Å²) in [5, 5.41) is 2.99. The van der Waals surface area contributed by atoms with Crippen molar-refractivity contribution in [1.29, 1.82) is 0 Å². The first-order valence-corrected chi connectivity index (χ1v) is 12.1. The summed E-state index contributed by atoms with van der Waals surface area (Å²) >= 11 is 0. The molecule has 0 amide bonds. The molecule has 0 unspecified atom stereocenters. The van der Waals surface area contributed by atoms with Crippen LogP contribution in [-0.4, -0.2) is 14.1 Å². The van der Waals surface area contributed by atoms with E-state index in [4.69, 9.17) is 0 Å². The fourth-order valence-corrected chi connectivity index (χ4v) is 4.02. The second kappa shape index (κ2) is 10.6. The highest BCUT2D eigenvalue weighted by atomic mass is 32.2. The van der Waals surface area contributed by atoms with Crippen molar-refractivity contribution in [2.45, 2.75) is 36.5 Å². The maximum Gasteiger partial charge on any atom is 0.416 e. The Morgan fingerprint density at radius 3 is 1.20 bits per heavy atom. The minimum atomic E-state index is -5.49. The third-order valence-corrected chi connectivity index (χ3v) is 6.38. The van der Waals surface area contributed by atoms with Crippen molar-refractivity contribution in [2.75, 3.05) is 0 Å². The summed E-state index contributed by atoms with van der Waals surface area (Å²) in [7, 11) is -5.02. The Morgan fingerprint density at radius 1 is 0.585 bits per heavy atom. The Hall–Kier alpha value is -3.76. The lowest BCUT2D eigenvalue weighted by Crippen LogP contribution is -2.17. The molecule has 0 atom stereocenters. The minimum Gasteiger partial charge on any atom is -0.264 e. The highest BCUT2D eigenvalue weighted by Gasteiger charge is 2.40. The van der Waals surface area contributed by atoms with Crippen molar-refractivity contribution in [3.05, 3.63) is 99.6 Å². The first-order chi connectivity index (χ1) is 18.5. The van der Waals surface area contributed by atoms with Crippen molar-refractivity contribution in [2.24, 2.45) is 5.16 Å². The van der Waals surface area contributed by atoms with Gasteiger partial charge in [-0.15, -0.1) is 0 Å². The van der Waals surface area contributed by atoms with Gasteiger partial charge in [0.25, 0.3) is 0 Å². The maximum atomic E-state index is 13.4. The topological polar surface area (TPSA) is 55.7 Å². The van der Waals surface area contributed by atoms with Crippen LogP contribution < -0.4 is 0 Å². The molecule has 0 radical (unpaired) electrons. The van der Waals surface area contributed by atoms with Crippen LogP contribution in [0.1, 0.15) is 38.9 Å². The molecule has 41 heavy (non-hydrogen) atoms. The number of aryl methyl sites for hydroxylation is 1. The zero-order valence-corrected chi connectivity index (χ0v) is 20.7. The van der Waals surface area contributed by atoms with Crippen LogP contribution in [0.15, 0.2) is 70.7 Å². The van der Waals surface area contributed by atoms with Gasteiger partial charge in [-0.25, -0.2) is 0 Å². The summed E-state index contributed by atoms with van der Waals surface area (Å²) in [6.45, 7) is 1.55. The van der Waals surface area contributed by atoms with Crippen molar-refractivity contribution < 1.29 is 65.4 Å². The fraction of sp³-hybridized carbons (Fsp3) is 0.208. The van der Waals surface area contributed by atoms with E-state index in [1.165, 1.54) is 12.1 Å². The average Bonchev–Trinajstić information content (AvgIpc) is 2.82. The van der Waals surface area contributed by atoms with Gasteiger partial charge in [0.15, 0.2) is 0 Å². The Balaban J connectivity index is 2.39. The van der Waals surface area contributed by atoms with Crippen LogP contribution in [-0.2, 0) is 39.1 Å². The first-order valence-electron chi connectivity index (χ1n) is 10.7.